The molecule has 9 nitrogen and oxygen atoms in total. The van der Waals surface area contributed by atoms with E-state index in [9.17, 15) is 14.7 Å². The summed E-state index contributed by atoms with van der Waals surface area (Å²) in [5.74, 6) is -1.61. The van der Waals surface area contributed by atoms with Gasteiger partial charge in [-0.1, -0.05) is 0 Å². The van der Waals surface area contributed by atoms with Crippen molar-refractivity contribution in [1.29, 1.82) is 0 Å². The molecular formula is C13H14N5O4. The van der Waals surface area contributed by atoms with Gasteiger partial charge >= 0.3 is 5.91 Å². The summed E-state index contributed by atoms with van der Waals surface area (Å²) in [7, 11) is 1.30. The number of amides is 2. The van der Waals surface area contributed by atoms with Crippen LogP contribution in [0.4, 0.5) is 0 Å². The number of aliphatic hydroxyl groups is 1. The van der Waals surface area contributed by atoms with E-state index < -0.39 is 18.2 Å². The highest BCUT2D eigenvalue weighted by Crippen LogP contribution is 2.14. The van der Waals surface area contributed by atoms with Gasteiger partial charge in [0.2, 0.25) is 5.82 Å². The molecule has 0 spiro atoms. The maximum atomic E-state index is 12.3. The van der Waals surface area contributed by atoms with E-state index in [1.807, 2.05) is 0 Å². The maximum absolute atomic E-state index is 12.3. The van der Waals surface area contributed by atoms with Crippen LogP contribution in [0.25, 0.3) is 0 Å². The predicted octanol–water partition coefficient (Wildman–Crippen LogP) is 0.518. The highest BCUT2D eigenvalue weighted by atomic mass is 16.4. The second kappa shape index (κ2) is 6.76. The van der Waals surface area contributed by atoms with E-state index in [2.05, 4.69) is 15.0 Å². The fourth-order valence-electron chi connectivity index (χ4n) is 1.65. The van der Waals surface area contributed by atoms with Crippen LogP contribution in [0.2, 0.25) is 0 Å². The van der Waals surface area contributed by atoms with Gasteiger partial charge in [-0.05, 0) is 13.0 Å². The van der Waals surface area contributed by atoms with Crippen molar-refractivity contribution in [3.63, 3.8) is 0 Å². The monoisotopic (exact) mass is 304 g/mol. The van der Waals surface area contributed by atoms with E-state index in [1.165, 1.54) is 31.9 Å². The molecule has 2 heterocycles. The molecule has 0 unspecified atom stereocenters. The van der Waals surface area contributed by atoms with Gasteiger partial charge in [0, 0.05) is 26.0 Å². The molecule has 0 aliphatic rings. The third-order valence-electron chi connectivity index (χ3n) is 2.78. The van der Waals surface area contributed by atoms with Gasteiger partial charge in [0.15, 0.2) is 0 Å². The fourth-order valence-corrected chi connectivity index (χ4v) is 1.65. The van der Waals surface area contributed by atoms with Gasteiger partial charge in [-0.15, -0.1) is 0 Å². The summed E-state index contributed by atoms with van der Waals surface area (Å²) >= 11 is 0. The zero-order valence-electron chi connectivity index (χ0n) is 12.0. The molecule has 2 amide bonds. The molecule has 0 fully saturated rings. The van der Waals surface area contributed by atoms with Crippen LogP contribution in [-0.4, -0.2) is 55.3 Å². The Morgan fingerprint density at radius 2 is 1.86 bits per heavy atom. The lowest BCUT2D eigenvalue weighted by atomic mass is 10.4. The van der Waals surface area contributed by atoms with Gasteiger partial charge in [-0.25, -0.2) is 15.0 Å². The Morgan fingerprint density at radius 1 is 1.18 bits per heavy atom. The predicted molar refractivity (Wildman–Crippen MR) is 72.5 cm³/mol. The molecule has 0 aliphatic heterocycles. The first-order valence-corrected chi connectivity index (χ1v) is 6.38. The van der Waals surface area contributed by atoms with Crippen LogP contribution < -0.4 is 0 Å². The van der Waals surface area contributed by atoms with Crippen LogP contribution in [0.1, 0.15) is 28.2 Å². The minimum Gasteiger partial charge on any atom is -0.441 e. The minimum atomic E-state index is -0.692. The molecule has 0 aliphatic carbocycles. The summed E-state index contributed by atoms with van der Waals surface area (Å²) < 4.78 is 4.87. The normalized spacial score (nSPS) is 10.5. The average molecular weight is 304 g/mol. The summed E-state index contributed by atoms with van der Waals surface area (Å²) in [6, 6.07) is 1.56. The van der Waals surface area contributed by atoms with Crippen molar-refractivity contribution >= 4 is 11.8 Å². The van der Waals surface area contributed by atoms with Crippen LogP contribution in [0, 0.1) is 6.35 Å². The van der Waals surface area contributed by atoms with E-state index in [4.69, 9.17) is 4.42 Å². The first-order valence-electron chi connectivity index (χ1n) is 6.38. The van der Waals surface area contributed by atoms with Gasteiger partial charge < -0.3 is 9.52 Å². The van der Waals surface area contributed by atoms with E-state index in [0.717, 1.165) is 9.80 Å². The Morgan fingerprint density at radius 3 is 2.41 bits per heavy atom. The summed E-state index contributed by atoms with van der Waals surface area (Å²) in [6.07, 6.45) is 4.79. The van der Waals surface area contributed by atoms with Crippen molar-refractivity contribution in [2.75, 3.05) is 13.6 Å². The third kappa shape index (κ3) is 3.09. The van der Waals surface area contributed by atoms with Gasteiger partial charge in [0.05, 0.1) is 6.20 Å². The first kappa shape index (κ1) is 15.6. The SMILES string of the molecule is CCN([C](O)N(C)C(=O)c1ncco1)C(=O)c1ncccn1. The number of oxazole rings is 1. The molecule has 0 saturated heterocycles. The largest absolute Gasteiger partial charge is 0.441 e. The van der Waals surface area contributed by atoms with Gasteiger partial charge in [0.25, 0.3) is 18.1 Å². The van der Waals surface area contributed by atoms with Crippen molar-refractivity contribution in [3.05, 3.63) is 49.0 Å². The quantitative estimate of drug-likeness (QED) is 0.856. The number of carbonyl (C=O) groups is 2. The molecule has 22 heavy (non-hydrogen) atoms. The number of aliphatic hydroxyl groups excluding tert-OH is 1. The molecule has 2 aromatic heterocycles. The minimum absolute atomic E-state index is 0.0899. The maximum Gasteiger partial charge on any atom is 0.313 e. The molecule has 2 rings (SSSR count). The zero-order valence-corrected chi connectivity index (χ0v) is 12.0. The smallest absolute Gasteiger partial charge is 0.313 e. The lowest BCUT2D eigenvalue weighted by Gasteiger charge is -2.29. The molecule has 1 radical (unpaired) electrons. The standard InChI is InChI=1S/C13H14N5O4/c1-3-18(11(19)9-14-5-4-6-15-9)13(21)17(2)12(20)10-16-7-8-22-10/h4-8,21H,3H2,1-2H3. The van der Waals surface area contributed by atoms with E-state index in [1.54, 1.807) is 13.0 Å². The summed E-state index contributed by atoms with van der Waals surface area (Å²) in [5, 5.41) is 10.2. The zero-order chi connectivity index (χ0) is 16.1. The summed E-state index contributed by atoms with van der Waals surface area (Å²) in [5.41, 5.74) is 0. The first-order chi connectivity index (χ1) is 10.6. The molecule has 0 saturated carbocycles. The lowest BCUT2D eigenvalue weighted by Crippen LogP contribution is -2.46. The third-order valence-corrected chi connectivity index (χ3v) is 2.78. The molecule has 115 valence electrons. The summed E-state index contributed by atoms with van der Waals surface area (Å²) in [4.78, 5) is 37.5. The lowest BCUT2D eigenvalue weighted by molar-refractivity contribution is 0.00970. The Balaban J connectivity index is 2.16. The number of hydrogen-bond acceptors (Lipinski definition) is 7. The Labute approximate surface area is 126 Å². The molecule has 0 aromatic carbocycles. The number of carbonyl (C=O) groups excluding carboxylic acids is 2. The highest BCUT2D eigenvalue weighted by molar-refractivity contribution is 5.93. The Kier molecular flexibility index (Phi) is 4.79. The van der Waals surface area contributed by atoms with Crippen molar-refractivity contribution in [1.82, 2.24) is 24.8 Å². The van der Waals surface area contributed by atoms with E-state index in [-0.39, 0.29) is 18.3 Å². The number of nitrogens with zero attached hydrogens (tertiary/aromatic N) is 5. The number of hydrogen-bond donors (Lipinski definition) is 1. The number of aromatic nitrogens is 3. The topological polar surface area (TPSA) is 113 Å². The summed E-state index contributed by atoms with van der Waals surface area (Å²) in [6.45, 7) is 1.76. The van der Waals surface area contributed by atoms with Crippen molar-refractivity contribution < 1.29 is 19.1 Å². The van der Waals surface area contributed by atoms with Gasteiger partial charge in [-0.2, -0.15) is 0 Å². The molecule has 0 atom stereocenters. The number of rotatable bonds is 5. The molecular weight excluding hydrogens is 290 g/mol. The molecule has 2 aromatic rings. The second-order valence-electron chi connectivity index (χ2n) is 4.12. The van der Waals surface area contributed by atoms with Gasteiger partial charge in [-0.3, -0.25) is 19.4 Å². The highest BCUT2D eigenvalue weighted by Gasteiger charge is 2.32. The van der Waals surface area contributed by atoms with Crippen molar-refractivity contribution in [2.24, 2.45) is 0 Å². The Hall–Kier alpha value is -2.81. The van der Waals surface area contributed by atoms with Crippen molar-refractivity contribution in [3.8, 4) is 0 Å². The Bertz CT molecular complexity index is 631. The van der Waals surface area contributed by atoms with Crippen LogP contribution >= 0.6 is 0 Å². The van der Waals surface area contributed by atoms with Crippen LogP contribution in [0.3, 0.4) is 0 Å². The second-order valence-corrected chi connectivity index (χ2v) is 4.12. The van der Waals surface area contributed by atoms with Crippen LogP contribution in [0.15, 0.2) is 35.3 Å². The fraction of sp³-hybridized carbons (Fsp3) is 0.231. The van der Waals surface area contributed by atoms with Gasteiger partial charge in [0.1, 0.15) is 6.26 Å². The van der Waals surface area contributed by atoms with E-state index >= 15 is 0 Å². The molecule has 9 heteroatoms. The molecule has 0 bridgehead atoms. The van der Waals surface area contributed by atoms with E-state index in [0.29, 0.717) is 0 Å². The van der Waals surface area contributed by atoms with Crippen LogP contribution in [-0.2, 0) is 0 Å². The molecule has 1 N–H and O–H groups in total. The average Bonchev–Trinajstić information content (AvgIpc) is 3.09. The van der Waals surface area contributed by atoms with Crippen LogP contribution in [0.5, 0.6) is 0 Å². The van der Waals surface area contributed by atoms with Crippen molar-refractivity contribution in [2.45, 2.75) is 6.92 Å².